The molecule has 1 saturated carbocycles. The molecule has 0 amide bonds. The van der Waals surface area contributed by atoms with Gasteiger partial charge in [0.05, 0.1) is 18.0 Å². The highest BCUT2D eigenvalue weighted by Gasteiger charge is 2.27. The van der Waals surface area contributed by atoms with Gasteiger partial charge in [-0.3, -0.25) is 0 Å². The van der Waals surface area contributed by atoms with Gasteiger partial charge in [-0.25, -0.2) is 4.39 Å². The number of hydrogen-bond acceptors (Lipinski definition) is 3. The van der Waals surface area contributed by atoms with E-state index in [1.807, 2.05) is 6.92 Å². The van der Waals surface area contributed by atoms with E-state index in [-0.39, 0.29) is 5.75 Å². The second-order valence-corrected chi connectivity index (χ2v) is 5.46. The molecular formula is C15H23FN2O. The van der Waals surface area contributed by atoms with Crippen LogP contribution in [0.4, 0.5) is 15.8 Å². The molecule has 19 heavy (non-hydrogen) atoms. The standard InChI is InChI=1S/C15H23FN2O/c1-4-19-15-8-14(13(17)7-12(15)16)18(10(2)3)9-11-5-6-11/h7-8,10-11H,4-6,9,17H2,1-3H3. The van der Waals surface area contributed by atoms with E-state index in [4.69, 9.17) is 10.5 Å². The quantitative estimate of drug-likeness (QED) is 0.802. The minimum atomic E-state index is -0.391. The van der Waals surface area contributed by atoms with Gasteiger partial charge in [0, 0.05) is 24.7 Å². The molecule has 3 nitrogen and oxygen atoms in total. The molecule has 2 rings (SSSR count). The molecule has 1 aromatic rings. The van der Waals surface area contributed by atoms with E-state index < -0.39 is 5.82 Å². The molecule has 0 atom stereocenters. The Labute approximate surface area is 114 Å². The molecule has 0 unspecified atom stereocenters. The summed E-state index contributed by atoms with van der Waals surface area (Å²) in [5, 5.41) is 0. The van der Waals surface area contributed by atoms with Crippen LogP contribution in [-0.2, 0) is 0 Å². The van der Waals surface area contributed by atoms with Crippen molar-refractivity contribution < 1.29 is 9.13 Å². The van der Waals surface area contributed by atoms with Crippen LogP contribution in [0.3, 0.4) is 0 Å². The number of nitrogen functional groups attached to an aromatic ring is 1. The van der Waals surface area contributed by atoms with Crippen LogP contribution in [-0.4, -0.2) is 19.2 Å². The van der Waals surface area contributed by atoms with Crippen molar-refractivity contribution in [3.63, 3.8) is 0 Å². The third kappa shape index (κ3) is 3.31. The Morgan fingerprint density at radius 3 is 2.63 bits per heavy atom. The van der Waals surface area contributed by atoms with Gasteiger partial charge in [-0.05, 0) is 39.5 Å². The summed E-state index contributed by atoms with van der Waals surface area (Å²) in [5.74, 6) is 0.647. The van der Waals surface area contributed by atoms with Gasteiger partial charge in [0.15, 0.2) is 11.6 Å². The number of anilines is 2. The van der Waals surface area contributed by atoms with E-state index in [1.54, 1.807) is 6.07 Å². The molecule has 0 spiro atoms. The van der Waals surface area contributed by atoms with Crippen LogP contribution in [0, 0.1) is 11.7 Å². The summed E-state index contributed by atoms with van der Waals surface area (Å²) in [6, 6.07) is 3.43. The van der Waals surface area contributed by atoms with Crippen LogP contribution in [0.1, 0.15) is 33.6 Å². The summed E-state index contributed by atoms with van der Waals surface area (Å²) in [7, 11) is 0. The van der Waals surface area contributed by atoms with Crippen LogP contribution in [0.5, 0.6) is 5.75 Å². The number of nitrogens with zero attached hydrogens (tertiary/aromatic N) is 1. The topological polar surface area (TPSA) is 38.5 Å². The molecule has 0 radical (unpaired) electrons. The molecule has 0 heterocycles. The third-order valence-electron chi connectivity index (χ3n) is 3.47. The fourth-order valence-corrected chi connectivity index (χ4v) is 2.24. The van der Waals surface area contributed by atoms with Crippen molar-refractivity contribution in [2.24, 2.45) is 5.92 Å². The molecular weight excluding hydrogens is 243 g/mol. The Bertz CT molecular complexity index is 444. The lowest BCUT2D eigenvalue weighted by atomic mass is 10.1. The number of rotatable bonds is 6. The largest absolute Gasteiger partial charge is 0.491 e. The SMILES string of the molecule is CCOc1cc(N(CC2CC2)C(C)C)c(N)cc1F. The zero-order valence-electron chi connectivity index (χ0n) is 11.9. The minimum absolute atomic E-state index is 0.285. The highest BCUT2D eigenvalue weighted by Crippen LogP contribution is 2.36. The lowest BCUT2D eigenvalue weighted by Gasteiger charge is -2.30. The molecule has 1 aromatic carbocycles. The summed E-state index contributed by atoms with van der Waals surface area (Å²) in [6.07, 6.45) is 2.56. The third-order valence-corrected chi connectivity index (χ3v) is 3.47. The molecule has 1 fully saturated rings. The normalized spacial score (nSPS) is 14.8. The summed E-state index contributed by atoms with van der Waals surface area (Å²) in [5.41, 5.74) is 7.35. The minimum Gasteiger partial charge on any atom is -0.491 e. The van der Waals surface area contributed by atoms with Gasteiger partial charge in [0.2, 0.25) is 0 Å². The fraction of sp³-hybridized carbons (Fsp3) is 0.600. The van der Waals surface area contributed by atoms with Gasteiger partial charge in [0.1, 0.15) is 0 Å². The summed E-state index contributed by atoms with van der Waals surface area (Å²) >= 11 is 0. The Morgan fingerprint density at radius 1 is 1.42 bits per heavy atom. The first-order chi connectivity index (χ1) is 9.02. The van der Waals surface area contributed by atoms with Crippen molar-refractivity contribution in [3.8, 4) is 5.75 Å². The molecule has 0 aliphatic heterocycles. The Morgan fingerprint density at radius 2 is 2.11 bits per heavy atom. The second kappa shape index (κ2) is 5.68. The predicted octanol–water partition coefficient (Wildman–Crippen LogP) is 3.43. The first kappa shape index (κ1) is 14.0. The fourth-order valence-electron chi connectivity index (χ4n) is 2.24. The summed E-state index contributed by atoms with van der Waals surface area (Å²) in [6.45, 7) is 7.54. The van der Waals surface area contributed by atoms with Crippen LogP contribution in [0.2, 0.25) is 0 Å². The van der Waals surface area contributed by atoms with Crippen LogP contribution >= 0.6 is 0 Å². The van der Waals surface area contributed by atoms with Gasteiger partial charge in [-0.2, -0.15) is 0 Å². The maximum atomic E-state index is 13.7. The number of nitrogens with two attached hydrogens (primary N) is 1. The summed E-state index contributed by atoms with van der Waals surface area (Å²) < 4.78 is 19.1. The molecule has 0 bridgehead atoms. The van der Waals surface area contributed by atoms with Crippen LogP contribution in [0.25, 0.3) is 0 Å². The smallest absolute Gasteiger partial charge is 0.167 e. The van der Waals surface area contributed by atoms with E-state index in [0.717, 1.165) is 18.2 Å². The van der Waals surface area contributed by atoms with Crippen molar-refractivity contribution in [2.45, 2.75) is 39.7 Å². The number of halogens is 1. The maximum absolute atomic E-state index is 13.7. The zero-order valence-corrected chi connectivity index (χ0v) is 11.9. The molecule has 4 heteroatoms. The van der Waals surface area contributed by atoms with Crippen molar-refractivity contribution in [2.75, 3.05) is 23.8 Å². The summed E-state index contributed by atoms with van der Waals surface area (Å²) in [4.78, 5) is 2.24. The van der Waals surface area contributed by atoms with E-state index in [0.29, 0.717) is 18.3 Å². The Hall–Kier alpha value is -1.45. The molecule has 2 N–H and O–H groups in total. The zero-order chi connectivity index (χ0) is 14.0. The highest BCUT2D eigenvalue weighted by molar-refractivity contribution is 5.70. The molecule has 1 aliphatic carbocycles. The average Bonchev–Trinajstić information content (AvgIpc) is 3.14. The van der Waals surface area contributed by atoms with Crippen molar-refractivity contribution >= 4 is 11.4 Å². The lowest BCUT2D eigenvalue weighted by Crippen LogP contribution is -2.33. The van der Waals surface area contributed by atoms with Crippen LogP contribution < -0.4 is 15.4 Å². The van der Waals surface area contributed by atoms with E-state index in [1.165, 1.54) is 18.9 Å². The molecule has 106 valence electrons. The Balaban J connectivity index is 2.31. The number of hydrogen-bond donors (Lipinski definition) is 1. The van der Waals surface area contributed by atoms with Gasteiger partial charge in [-0.15, -0.1) is 0 Å². The second-order valence-electron chi connectivity index (χ2n) is 5.46. The van der Waals surface area contributed by atoms with Crippen molar-refractivity contribution in [3.05, 3.63) is 17.9 Å². The Kier molecular flexibility index (Phi) is 4.17. The lowest BCUT2D eigenvalue weighted by molar-refractivity contribution is 0.321. The van der Waals surface area contributed by atoms with Gasteiger partial charge >= 0.3 is 0 Å². The van der Waals surface area contributed by atoms with Gasteiger partial charge < -0.3 is 15.4 Å². The average molecular weight is 266 g/mol. The van der Waals surface area contributed by atoms with E-state index in [9.17, 15) is 4.39 Å². The first-order valence-electron chi connectivity index (χ1n) is 7.01. The first-order valence-corrected chi connectivity index (χ1v) is 7.01. The monoisotopic (exact) mass is 266 g/mol. The number of ether oxygens (including phenoxy) is 1. The maximum Gasteiger partial charge on any atom is 0.167 e. The molecule has 0 aromatic heterocycles. The van der Waals surface area contributed by atoms with E-state index >= 15 is 0 Å². The van der Waals surface area contributed by atoms with Gasteiger partial charge in [0.25, 0.3) is 0 Å². The van der Waals surface area contributed by atoms with Crippen LogP contribution in [0.15, 0.2) is 12.1 Å². The van der Waals surface area contributed by atoms with Crippen molar-refractivity contribution in [1.82, 2.24) is 0 Å². The van der Waals surface area contributed by atoms with Gasteiger partial charge in [-0.1, -0.05) is 0 Å². The molecule has 1 aliphatic rings. The predicted molar refractivity (Wildman–Crippen MR) is 77.2 cm³/mol. The highest BCUT2D eigenvalue weighted by atomic mass is 19.1. The molecule has 0 saturated heterocycles. The van der Waals surface area contributed by atoms with E-state index in [2.05, 4.69) is 18.7 Å². The van der Waals surface area contributed by atoms with Crippen molar-refractivity contribution in [1.29, 1.82) is 0 Å². The number of benzene rings is 1.